The van der Waals surface area contributed by atoms with Crippen LogP contribution < -0.4 is 10.2 Å². The fourth-order valence-corrected chi connectivity index (χ4v) is 3.20. The van der Waals surface area contributed by atoms with Crippen molar-refractivity contribution < 1.29 is 0 Å². The van der Waals surface area contributed by atoms with E-state index < -0.39 is 0 Å². The summed E-state index contributed by atoms with van der Waals surface area (Å²) in [6.45, 7) is 10.8. The molecular formula is C13H24N4S. The average molecular weight is 268 g/mol. The molecular weight excluding hydrogens is 244 g/mol. The largest absolute Gasteiger partial charge is 0.343 e. The molecule has 1 fully saturated rings. The highest BCUT2D eigenvalue weighted by molar-refractivity contribution is 7.13. The molecule has 0 radical (unpaired) electrons. The number of rotatable bonds is 4. The molecule has 1 saturated heterocycles. The number of anilines is 1. The van der Waals surface area contributed by atoms with Crippen molar-refractivity contribution in [1.82, 2.24) is 15.2 Å². The summed E-state index contributed by atoms with van der Waals surface area (Å²) >= 11 is 1.77. The van der Waals surface area contributed by atoms with Gasteiger partial charge in [-0.15, -0.1) is 11.3 Å². The highest BCUT2D eigenvalue weighted by atomic mass is 32.1. The minimum Gasteiger partial charge on any atom is -0.343 e. The molecule has 5 heteroatoms. The van der Waals surface area contributed by atoms with Gasteiger partial charge in [0.25, 0.3) is 0 Å². The number of nitrogens with zero attached hydrogens (tertiary/aromatic N) is 3. The molecule has 1 aliphatic rings. The number of aromatic nitrogens is 1. The lowest BCUT2D eigenvalue weighted by atomic mass is 10.2. The first-order valence-corrected chi connectivity index (χ1v) is 7.57. The van der Waals surface area contributed by atoms with Crippen LogP contribution in [0.2, 0.25) is 0 Å². The van der Waals surface area contributed by atoms with Crippen molar-refractivity contribution in [3.05, 3.63) is 11.1 Å². The van der Waals surface area contributed by atoms with Crippen LogP contribution in [0.1, 0.15) is 26.5 Å². The number of hydrogen-bond acceptors (Lipinski definition) is 5. The Morgan fingerprint density at radius 2 is 2.28 bits per heavy atom. The van der Waals surface area contributed by atoms with E-state index in [0.29, 0.717) is 12.1 Å². The van der Waals surface area contributed by atoms with Crippen molar-refractivity contribution >= 4 is 16.5 Å². The molecule has 2 rings (SSSR count). The van der Waals surface area contributed by atoms with Crippen LogP contribution >= 0.6 is 11.3 Å². The number of nitrogens with one attached hydrogen (secondary N) is 1. The van der Waals surface area contributed by atoms with E-state index >= 15 is 0 Å². The summed E-state index contributed by atoms with van der Waals surface area (Å²) < 4.78 is 0. The lowest BCUT2D eigenvalue weighted by Gasteiger charge is -2.38. The summed E-state index contributed by atoms with van der Waals surface area (Å²) in [5, 5.41) is 6.77. The topological polar surface area (TPSA) is 31.4 Å². The minimum atomic E-state index is 0.512. The first-order valence-electron chi connectivity index (χ1n) is 6.69. The molecule has 0 amide bonds. The number of likely N-dealkylation sites (N-methyl/N-ethyl adjacent to an activating group) is 1. The van der Waals surface area contributed by atoms with E-state index in [0.717, 1.165) is 31.9 Å². The molecule has 0 aliphatic carbocycles. The van der Waals surface area contributed by atoms with Crippen LogP contribution in [-0.2, 0) is 6.54 Å². The molecule has 1 unspecified atom stereocenters. The zero-order valence-corrected chi connectivity index (χ0v) is 12.6. The monoisotopic (exact) mass is 268 g/mol. The second kappa shape index (κ2) is 5.99. The van der Waals surface area contributed by atoms with Gasteiger partial charge in [-0.2, -0.15) is 0 Å². The van der Waals surface area contributed by atoms with Gasteiger partial charge in [0.1, 0.15) is 0 Å². The quantitative estimate of drug-likeness (QED) is 0.902. The molecule has 1 N–H and O–H groups in total. The van der Waals surface area contributed by atoms with Crippen LogP contribution in [0.5, 0.6) is 0 Å². The smallest absolute Gasteiger partial charge is 0.185 e. The van der Waals surface area contributed by atoms with Gasteiger partial charge in [-0.05, 0) is 14.0 Å². The van der Waals surface area contributed by atoms with Crippen LogP contribution in [0.15, 0.2) is 5.38 Å². The van der Waals surface area contributed by atoms with Gasteiger partial charge in [0.15, 0.2) is 5.13 Å². The zero-order chi connectivity index (χ0) is 13.1. The molecule has 4 nitrogen and oxygen atoms in total. The maximum absolute atomic E-state index is 4.74. The van der Waals surface area contributed by atoms with E-state index in [1.54, 1.807) is 11.3 Å². The van der Waals surface area contributed by atoms with Gasteiger partial charge in [-0.1, -0.05) is 13.8 Å². The van der Waals surface area contributed by atoms with Crippen molar-refractivity contribution in [2.45, 2.75) is 39.4 Å². The van der Waals surface area contributed by atoms with Crippen molar-refractivity contribution in [3.8, 4) is 0 Å². The first kappa shape index (κ1) is 13.8. The van der Waals surface area contributed by atoms with Gasteiger partial charge in [-0.25, -0.2) is 4.98 Å². The van der Waals surface area contributed by atoms with Gasteiger partial charge in [0.05, 0.1) is 5.69 Å². The zero-order valence-electron chi connectivity index (χ0n) is 11.8. The predicted octanol–water partition coefficient (Wildman–Crippen LogP) is 1.78. The summed E-state index contributed by atoms with van der Waals surface area (Å²) in [4.78, 5) is 9.56. The Balaban J connectivity index is 1.96. The van der Waals surface area contributed by atoms with Crippen molar-refractivity contribution in [1.29, 1.82) is 0 Å². The van der Waals surface area contributed by atoms with E-state index in [2.05, 4.69) is 48.3 Å². The summed E-state index contributed by atoms with van der Waals surface area (Å²) in [5.74, 6) is 0. The number of thiazole rings is 1. The Morgan fingerprint density at radius 1 is 1.50 bits per heavy atom. The van der Waals surface area contributed by atoms with E-state index in [9.17, 15) is 0 Å². The molecule has 0 saturated carbocycles. The third-order valence-corrected chi connectivity index (χ3v) is 4.23. The highest BCUT2D eigenvalue weighted by Crippen LogP contribution is 2.24. The summed E-state index contributed by atoms with van der Waals surface area (Å²) in [7, 11) is 2.19. The van der Waals surface area contributed by atoms with Crippen molar-refractivity contribution in [3.63, 3.8) is 0 Å². The Hall–Kier alpha value is -0.650. The van der Waals surface area contributed by atoms with E-state index in [1.807, 2.05) is 0 Å². The molecule has 0 bridgehead atoms. The van der Waals surface area contributed by atoms with Crippen LogP contribution in [0.25, 0.3) is 0 Å². The van der Waals surface area contributed by atoms with Gasteiger partial charge >= 0.3 is 0 Å². The molecule has 1 aliphatic heterocycles. The molecule has 1 aromatic rings. The Kier molecular flexibility index (Phi) is 4.59. The van der Waals surface area contributed by atoms with Crippen LogP contribution in [0, 0.1) is 0 Å². The molecule has 18 heavy (non-hydrogen) atoms. The third kappa shape index (κ3) is 3.43. The Bertz CT molecular complexity index is 377. The van der Waals surface area contributed by atoms with Crippen LogP contribution in [-0.4, -0.2) is 48.6 Å². The highest BCUT2D eigenvalue weighted by Gasteiger charge is 2.23. The van der Waals surface area contributed by atoms with E-state index in [-0.39, 0.29) is 0 Å². The van der Waals surface area contributed by atoms with E-state index in [4.69, 9.17) is 4.98 Å². The van der Waals surface area contributed by atoms with Crippen LogP contribution in [0.3, 0.4) is 0 Å². The molecule has 0 spiro atoms. The fraction of sp³-hybridized carbons (Fsp3) is 0.769. The molecule has 102 valence electrons. The molecule has 1 atom stereocenters. The van der Waals surface area contributed by atoms with Gasteiger partial charge in [0.2, 0.25) is 0 Å². The maximum atomic E-state index is 4.74. The second-order valence-corrected chi connectivity index (χ2v) is 6.30. The molecule has 2 heterocycles. The Morgan fingerprint density at radius 3 is 2.94 bits per heavy atom. The average Bonchev–Trinajstić information content (AvgIpc) is 2.75. The Labute approximate surface area is 114 Å². The lowest BCUT2D eigenvalue weighted by Crippen LogP contribution is -2.50. The van der Waals surface area contributed by atoms with Crippen molar-refractivity contribution in [2.24, 2.45) is 0 Å². The summed E-state index contributed by atoms with van der Waals surface area (Å²) in [6, 6.07) is 1.07. The first-order chi connectivity index (χ1) is 8.56. The third-order valence-electron chi connectivity index (χ3n) is 3.31. The van der Waals surface area contributed by atoms with Gasteiger partial charge < -0.3 is 15.1 Å². The summed E-state index contributed by atoms with van der Waals surface area (Å²) in [5.41, 5.74) is 1.16. The van der Waals surface area contributed by atoms with Crippen molar-refractivity contribution in [2.75, 3.05) is 31.6 Å². The van der Waals surface area contributed by atoms with E-state index in [1.165, 1.54) is 5.13 Å². The number of hydrogen-bond donors (Lipinski definition) is 1. The molecule has 1 aromatic heterocycles. The summed E-state index contributed by atoms with van der Waals surface area (Å²) in [6.07, 6.45) is 0. The lowest BCUT2D eigenvalue weighted by molar-refractivity contribution is 0.275. The minimum absolute atomic E-state index is 0.512. The fourth-order valence-electron chi connectivity index (χ4n) is 2.24. The van der Waals surface area contributed by atoms with Gasteiger partial charge in [0, 0.05) is 43.6 Å². The number of piperazine rings is 1. The predicted molar refractivity (Wildman–Crippen MR) is 78.4 cm³/mol. The SMILES string of the molecule is CC(C)NCc1csc(N2CCN(C)CC2C)n1. The standard InChI is InChI=1S/C13H24N4S/c1-10(2)14-7-12-9-18-13(15-12)17-6-5-16(4)8-11(17)3/h9-11,14H,5-8H2,1-4H3. The normalized spacial score (nSPS) is 21.8. The molecule has 0 aromatic carbocycles. The van der Waals surface area contributed by atoms with Gasteiger partial charge in [-0.3, -0.25) is 0 Å². The second-order valence-electron chi connectivity index (χ2n) is 5.46. The maximum Gasteiger partial charge on any atom is 0.185 e. The van der Waals surface area contributed by atoms with Crippen LogP contribution in [0.4, 0.5) is 5.13 Å².